The van der Waals surface area contributed by atoms with E-state index in [9.17, 15) is 14.3 Å². The van der Waals surface area contributed by atoms with Gasteiger partial charge < -0.3 is 20.3 Å². The minimum atomic E-state index is -1.25. The molecule has 1 heterocycles. The summed E-state index contributed by atoms with van der Waals surface area (Å²) in [5.74, 6) is -0.793. The second-order valence-electron chi connectivity index (χ2n) is 10.2. The Hall–Kier alpha value is -3.09. The number of ether oxygens (including phenoxy) is 2. The highest BCUT2D eigenvalue weighted by atomic mass is 35.5. The Morgan fingerprint density at radius 2 is 1.78 bits per heavy atom. The van der Waals surface area contributed by atoms with E-state index in [2.05, 4.69) is 0 Å². The van der Waals surface area contributed by atoms with Crippen LogP contribution in [0.5, 0.6) is 5.75 Å². The van der Waals surface area contributed by atoms with Crippen molar-refractivity contribution in [1.82, 2.24) is 0 Å². The zero-order valence-electron chi connectivity index (χ0n) is 21.2. The van der Waals surface area contributed by atoms with Gasteiger partial charge in [0.1, 0.15) is 11.6 Å². The maximum Gasteiger partial charge on any atom is 0.337 e. The summed E-state index contributed by atoms with van der Waals surface area (Å²) in [7, 11) is 0. The van der Waals surface area contributed by atoms with Crippen LogP contribution in [0.25, 0.3) is 22.3 Å². The number of carbonyl (C=O) groups is 1. The molecule has 5 nitrogen and oxygen atoms in total. The first-order chi connectivity index (χ1) is 16.9. The lowest BCUT2D eigenvalue weighted by molar-refractivity contribution is -0.160. The fourth-order valence-corrected chi connectivity index (χ4v) is 5.06. The summed E-state index contributed by atoms with van der Waals surface area (Å²) in [5.41, 5.74) is 12.2. The van der Waals surface area contributed by atoms with Gasteiger partial charge in [-0.15, -0.1) is 0 Å². The number of hydrogen-bond donors (Lipinski definition) is 2. The van der Waals surface area contributed by atoms with Gasteiger partial charge in [-0.1, -0.05) is 23.7 Å². The molecule has 36 heavy (non-hydrogen) atoms. The Labute approximate surface area is 216 Å². The number of nitrogens with two attached hydrogens (primary N) is 1. The number of fused-ring (bicyclic) bond motifs is 1. The van der Waals surface area contributed by atoms with E-state index in [1.54, 1.807) is 19.1 Å². The molecule has 0 aliphatic carbocycles. The zero-order chi connectivity index (χ0) is 26.4. The fourth-order valence-electron chi connectivity index (χ4n) is 4.87. The van der Waals surface area contributed by atoms with Gasteiger partial charge in [-0.3, -0.25) is 0 Å². The van der Waals surface area contributed by atoms with Crippen LogP contribution in [0.2, 0.25) is 5.02 Å². The number of nitrogen functional groups attached to an aromatic ring is 1. The quantitative estimate of drug-likeness (QED) is 0.352. The van der Waals surface area contributed by atoms with E-state index in [1.165, 1.54) is 6.07 Å². The first-order valence-corrected chi connectivity index (χ1v) is 12.3. The lowest BCUT2D eigenvalue weighted by atomic mass is 9.82. The lowest BCUT2D eigenvalue weighted by Gasteiger charge is -2.30. The van der Waals surface area contributed by atoms with Crippen LogP contribution in [0, 0.1) is 19.7 Å². The third-order valence-corrected chi connectivity index (χ3v) is 6.75. The third-order valence-electron chi connectivity index (χ3n) is 6.46. The van der Waals surface area contributed by atoms with Crippen molar-refractivity contribution >= 4 is 23.3 Å². The number of benzene rings is 3. The van der Waals surface area contributed by atoms with E-state index in [0.717, 1.165) is 40.8 Å². The topological polar surface area (TPSA) is 81.8 Å². The first-order valence-electron chi connectivity index (χ1n) is 11.9. The van der Waals surface area contributed by atoms with Gasteiger partial charge in [0.25, 0.3) is 0 Å². The Balaban J connectivity index is 2.07. The highest BCUT2D eigenvalue weighted by Crippen LogP contribution is 2.46. The number of carboxylic acid groups (broad SMARTS) is 1. The lowest BCUT2D eigenvalue weighted by Crippen LogP contribution is -2.28. The molecule has 190 valence electrons. The maximum absolute atomic E-state index is 14.0. The summed E-state index contributed by atoms with van der Waals surface area (Å²) >= 11 is 6.11. The molecule has 4 rings (SSSR count). The average molecular weight is 512 g/mol. The van der Waals surface area contributed by atoms with E-state index >= 15 is 0 Å². The van der Waals surface area contributed by atoms with Crippen molar-refractivity contribution in [1.29, 1.82) is 0 Å². The standard InChI is InChI=1S/C29H31ClFNO4/c1-15-23(18-9-11-22-17(13-18)7-6-12-35-22)25(27(28(33)34)36-29(3,4)5)16(2)26(32)24(15)19-8-10-21(31)20(30)14-19/h8-11,13-14,27H,6-7,12,32H2,1-5H3,(H,33,34). The number of aryl methyl sites for hydroxylation is 1. The van der Waals surface area contributed by atoms with Crippen LogP contribution in [-0.4, -0.2) is 23.3 Å². The number of hydrogen-bond acceptors (Lipinski definition) is 4. The predicted molar refractivity (Wildman–Crippen MR) is 141 cm³/mol. The SMILES string of the molecule is Cc1c(-c2ccc(F)c(Cl)c2)c(N)c(C)c(C(OC(C)(C)C)C(=O)O)c1-c1ccc2c(c1)CCCO2. The van der Waals surface area contributed by atoms with Crippen LogP contribution in [-0.2, 0) is 16.0 Å². The van der Waals surface area contributed by atoms with E-state index < -0.39 is 23.5 Å². The van der Waals surface area contributed by atoms with E-state index in [-0.39, 0.29) is 5.02 Å². The number of aliphatic carboxylic acids is 1. The summed E-state index contributed by atoms with van der Waals surface area (Å²) in [6.45, 7) is 9.82. The average Bonchev–Trinajstić information content (AvgIpc) is 2.81. The highest BCUT2D eigenvalue weighted by Gasteiger charge is 2.33. The fraction of sp³-hybridized carbons (Fsp3) is 0.345. The Kier molecular flexibility index (Phi) is 7.04. The molecule has 0 saturated heterocycles. The van der Waals surface area contributed by atoms with Crippen molar-refractivity contribution < 1.29 is 23.8 Å². The van der Waals surface area contributed by atoms with Gasteiger partial charge >= 0.3 is 5.97 Å². The van der Waals surface area contributed by atoms with Crippen molar-refractivity contribution in [3.63, 3.8) is 0 Å². The van der Waals surface area contributed by atoms with Crippen molar-refractivity contribution in [2.45, 2.75) is 59.2 Å². The smallest absolute Gasteiger partial charge is 0.337 e. The molecule has 1 aliphatic heterocycles. The summed E-state index contributed by atoms with van der Waals surface area (Å²) in [6.07, 6.45) is 0.527. The molecule has 0 aromatic heterocycles. The van der Waals surface area contributed by atoms with Crippen LogP contribution in [0.4, 0.5) is 10.1 Å². The van der Waals surface area contributed by atoms with Crippen molar-refractivity contribution in [2.24, 2.45) is 0 Å². The van der Waals surface area contributed by atoms with Gasteiger partial charge in [-0.25, -0.2) is 9.18 Å². The van der Waals surface area contributed by atoms with E-state index in [0.29, 0.717) is 34.5 Å². The molecular formula is C29H31ClFNO4. The molecular weight excluding hydrogens is 481 g/mol. The predicted octanol–water partition coefficient (Wildman–Crippen LogP) is 7.28. The second kappa shape index (κ2) is 9.75. The van der Waals surface area contributed by atoms with Gasteiger partial charge in [0.15, 0.2) is 6.10 Å². The summed E-state index contributed by atoms with van der Waals surface area (Å²) in [4.78, 5) is 12.6. The Morgan fingerprint density at radius 1 is 1.11 bits per heavy atom. The molecule has 3 aromatic rings. The van der Waals surface area contributed by atoms with Gasteiger partial charge in [0.05, 0.1) is 17.2 Å². The summed E-state index contributed by atoms with van der Waals surface area (Å²) in [5, 5.41) is 10.3. The van der Waals surface area contributed by atoms with Gasteiger partial charge in [0.2, 0.25) is 0 Å². The van der Waals surface area contributed by atoms with Crippen molar-refractivity contribution in [3.05, 3.63) is 69.5 Å². The molecule has 0 spiro atoms. The van der Waals surface area contributed by atoms with Gasteiger partial charge in [0, 0.05) is 16.8 Å². The molecule has 0 fully saturated rings. The number of halogens is 2. The van der Waals surface area contributed by atoms with Crippen LogP contribution >= 0.6 is 11.6 Å². The molecule has 0 radical (unpaired) electrons. The third kappa shape index (κ3) is 4.93. The van der Waals surface area contributed by atoms with Crippen LogP contribution in [0.3, 0.4) is 0 Å². The number of rotatable bonds is 5. The van der Waals surface area contributed by atoms with Crippen molar-refractivity contribution in [3.8, 4) is 28.0 Å². The molecule has 3 aromatic carbocycles. The van der Waals surface area contributed by atoms with Crippen molar-refractivity contribution in [2.75, 3.05) is 12.3 Å². The van der Waals surface area contributed by atoms with Crippen LogP contribution in [0.1, 0.15) is 55.5 Å². The molecule has 1 unspecified atom stereocenters. The molecule has 0 saturated carbocycles. The second-order valence-corrected chi connectivity index (χ2v) is 10.6. The molecule has 7 heteroatoms. The van der Waals surface area contributed by atoms with Crippen LogP contribution < -0.4 is 10.5 Å². The number of anilines is 1. The van der Waals surface area contributed by atoms with Gasteiger partial charge in [-0.2, -0.15) is 0 Å². The Bertz CT molecular complexity index is 1350. The minimum Gasteiger partial charge on any atom is -0.493 e. The zero-order valence-corrected chi connectivity index (χ0v) is 21.9. The molecule has 1 atom stereocenters. The van der Waals surface area contributed by atoms with Crippen LogP contribution in [0.15, 0.2) is 36.4 Å². The first kappa shape index (κ1) is 26.0. The molecule has 3 N–H and O–H groups in total. The minimum absolute atomic E-state index is 0.0139. The summed E-state index contributed by atoms with van der Waals surface area (Å²) in [6, 6.07) is 10.4. The molecule has 1 aliphatic rings. The largest absolute Gasteiger partial charge is 0.493 e. The van der Waals surface area contributed by atoms with Gasteiger partial charge in [-0.05, 0) is 105 Å². The maximum atomic E-state index is 14.0. The highest BCUT2D eigenvalue weighted by molar-refractivity contribution is 6.31. The monoisotopic (exact) mass is 511 g/mol. The number of carboxylic acids is 1. The molecule has 0 amide bonds. The summed E-state index contributed by atoms with van der Waals surface area (Å²) < 4.78 is 25.8. The van der Waals surface area contributed by atoms with E-state index in [1.807, 2.05) is 45.9 Å². The molecule has 0 bridgehead atoms. The normalized spacial score (nSPS) is 14.2. The Morgan fingerprint density at radius 3 is 2.42 bits per heavy atom. The van der Waals surface area contributed by atoms with E-state index in [4.69, 9.17) is 26.8 Å².